The largest absolute Gasteiger partial charge is 0.387 e. The van der Waals surface area contributed by atoms with E-state index >= 15 is 0 Å². The van der Waals surface area contributed by atoms with Crippen LogP contribution in [0, 0.1) is 0 Å². The van der Waals surface area contributed by atoms with E-state index in [1.807, 2.05) is 6.07 Å². The Balaban J connectivity index is 0.000001000. The number of nitrogens with one attached hydrogen (secondary N) is 1. The normalized spacial score (nSPS) is 25.9. The monoisotopic (exact) mass is 318 g/mol. The topological polar surface area (TPSA) is 35.5 Å². The van der Waals surface area contributed by atoms with Crippen LogP contribution in [0.3, 0.4) is 0 Å². The second-order valence-electron chi connectivity index (χ2n) is 5.83. The first kappa shape index (κ1) is 17.7. The Morgan fingerprint density at radius 3 is 2.55 bits per heavy atom. The van der Waals surface area contributed by atoms with Gasteiger partial charge < -0.3 is 10.4 Å². The summed E-state index contributed by atoms with van der Waals surface area (Å²) in [5.41, 5.74) is 0.814. The smallest absolute Gasteiger partial charge is 0.0910 e. The molecule has 1 aromatic carbocycles. The first-order valence-electron chi connectivity index (χ1n) is 6.96. The highest BCUT2D eigenvalue weighted by molar-refractivity contribution is 5.85. The van der Waals surface area contributed by atoms with Gasteiger partial charge in [-0.1, -0.05) is 30.3 Å². The van der Waals surface area contributed by atoms with Gasteiger partial charge in [0.2, 0.25) is 0 Å². The van der Waals surface area contributed by atoms with Crippen LogP contribution in [-0.4, -0.2) is 41.3 Å². The summed E-state index contributed by atoms with van der Waals surface area (Å²) < 4.78 is 0. The van der Waals surface area contributed by atoms with Crippen LogP contribution in [-0.2, 0) is 6.54 Å². The molecular formula is C15H24Cl2N2O. The molecular weight excluding hydrogens is 295 g/mol. The van der Waals surface area contributed by atoms with E-state index in [9.17, 15) is 5.11 Å². The SMILES string of the molecule is Cl.Cl.OC1(CNC2CC2)CCN(Cc2ccccc2)C1. The first-order chi connectivity index (χ1) is 8.73. The molecule has 1 aliphatic carbocycles. The van der Waals surface area contributed by atoms with Crippen molar-refractivity contribution < 1.29 is 5.11 Å². The van der Waals surface area contributed by atoms with Crippen molar-refractivity contribution in [1.82, 2.24) is 10.2 Å². The highest BCUT2D eigenvalue weighted by Gasteiger charge is 2.37. The third-order valence-corrected chi connectivity index (χ3v) is 3.96. The van der Waals surface area contributed by atoms with Gasteiger partial charge >= 0.3 is 0 Å². The number of benzene rings is 1. The van der Waals surface area contributed by atoms with E-state index in [0.29, 0.717) is 6.04 Å². The second kappa shape index (κ2) is 7.62. The van der Waals surface area contributed by atoms with Crippen molar-refractivity contribution >= 4 is 24.8 Å². The summed E-state index contributed by atoms with van der Waals surface area (Å²) in [6.07, 6.45) is 3.45. The van der Waals surface area contributed by atoms with Crippen molar-refractivity contribution in [1.29, 1.82) is 0 Å². The fourth-order valence-corrected chi connectivity index (χ4v) is 2.68. The predicted molar refractivity (Wildman–Crippen MR) is 86.8 cm³/mol. The van der Waals surface area contributed by atoms with Crippen molar-refractivity contribution in [3.8, 4) is 0 Å². The molecule has 0 aromatic heterocycles. The maximum atomic E-state index is 10.5. The molecule has 0 bridgehead atoms. The first-order valence-corrected chi connectivity index (χ1v) is 6.96. The fourth-order valence-electron chi connectivity index (χ4n) is 2.68. The molecule has 2 aliphatic rings. The van der Waals surface area contributed by atoms with Gasteiger partial charge in [-0.05, 0) is 24.8 Å². The Morgan fingerprint density at radius 1 is 1.20 bits per heavy atom. The molecule has 1 heterocycles. The molecule has 1 atom stereocenters. The van der Waals surface area contributed by atoms with Crippen LogP contribution >= 0.6 is 24.8 Å². The molecule has 1 aliphatic heterocycles. The van der Waals surface area contributed by atoms with Gasteiger partial charge in [-0.2, -0.15) is 0 Å². The lowest BCUT2D eigenvalue weighted by Crippen LogP contribution is -2.43. The Kier molecular flexibility index (Phi) is 6.76. The van der Waals surface area contributed by atoms with Gasteiger partial charge in [-0.15, -0.1) is 24.8 Å². The van der Waals surface area contributed by atoms with Crippen molar-refractivity contribution in [3.63, 3.8) is 0 Å². The summed E-state index contributed by atoms with van der Waals surface area (Å²) in [5, 5.41) is 14.0. The summed E-state index contributed by atoms with van der Waals surface area (Å²) >= 11 is 0. The summed E-state index contributed by atoms with van der Waals surface area (Å²) in [5.74, 6) is 0. The Labute approximate surface area is 133 Å². The van der Waals surface area contributed by atoms with Crippen LogP contribution < -0.4 is 5.32 Å². The van der Waals surface area contributed by atoms with E-state index in [4.69, 9.17) is 0 Å². The summed E-state index contributed by atoms with van der Waals surface area (Å²) in [4.78, 5) is 2.35. The molecule has 0 radical (unpaired) electrons. The van der Waals surface area contributed by atoms with E-state index in [1.165, 1.54) is 18.4 Å². The lowest BCUT2D eigenvalue weighted by molar-refractivity contribution is 0.0480. The molecule has 1 saturated heterocycles. The lowest BCUT2D eigenvalue weighted by atomic mass is 10.0. The molecule has 2 fully saturated rings. The van der Waals surface area contributed by atoms with Gasteiger partial charge in [-0.25, -0.2) is 0 Å². The predicted octanol–water partition coefficient (Wildman–Crippen LogP) is 2.22. The van der Waals surface area contributed by atoms with E-state index in [0.717, 1.165) is 32.6 Å². The number of halogens is 2. The van der Waals surface area contributed by atoms with Crippen LogP contribution in [0.1, 0.15) is 24.8 Å². The molecule has 1 unspecified atom stereocenters. The Bertz CT molecular complexity index is 400. The van der Waals surface area contributed by atoms with Crippen molar-refractivity contribution in [2.45, 2.75) is 37.5 Å². The second-order valence-corrected chi connectivity index (χ2v) is 5.83. The highest BCUT2D eigenvalue weighted by Crippen LogP contribution is 2.25. The average molecular weight is 319 g/mol. The molecule has 3 rings (SSSR count). The standard InChI is InChI=1S/C15H22N2O.2ClH/c18-15(11-16-14-6-7-14)8-9-17(12-15)10-13-4-2-1-3-5-13;;/h1-5,14,16,18H,6-12H2;2*1H. The van der Waals surface area contributed by atoms with Gasteiger partial charge in [0.05, 0.1) is 5.60 Å². The molecule has 5 heteroatoms. The van der Waals surface area contributed by atoms with Crippen LogP contribution in [0.25, 0.3) is 0 Å². The molecule has 114 valence electrons. The molecule has 3 nitrogen and oxygen atoms in total. The van der Waals surface area contributed by atoms with Gasteiger partial charge in [0, 0.05) is 32.2 Å². The molecule has 0 spiro atoms. The maximum Gasteiger partial charge on any atom is 0.0910 e. The molecule has 1 saturated carbocycles. The number of aliphatic hydroxyl groups is 1. The van der Waals surface area contributed by atoms with Gasteiger partial charge in [0.1, 0.15) is 0 Å². The van der Waals surface area contributed by atoms with Gasteiger partial charge in [0.15, 0.2) is 0 Å². The van der Waals surface area contributed by atoms with Crippen LogP contribution in [0.4, 0.5) is 0 Å². The fraction of sp³-hybridized carbons (Fsp3) is 0.600. The quantitative estimate of drug-likeness (QED) is 0.873. The number of β-amino-alcohol motifs (C(OH)–C–C–N with tert-alkyl or cyclic N) is 1. The third kappa shape index (κ3) is 4.90. The number of hydrogen-bond donors (Lipinski definition) is 2. The van der Waals surface area contributed by atoms with E-state index in [2.05, 4.69) is 34.5 Å². The van der Waals surface area contributed by atoms with E-state index < -0.39 is 5.60 Å². The summed E-state index contributed by atoms with van der Waals surface area (Å²) in [6.45, 7) is 3.49. The summed E-state index contributed by atoms with van der Waals surface area (Å²) in [6, 6.07) is 11.2. The van der Waals surface area contributed by atoms with Crippen LogP contribution in [0.5, 0.6) is 0 Å². The minimum atomic E-state index is -0.516. The van der Waals surface area contributed by atoms with Crippen LogP contribution in [0.2, 0.25) is 0 Å². The Morgan fingerprint density at radius 2 is 1.90 bits per heavy atom. The van der Waals surface area contributed by atoms with Crippen LogP contribution in [0.15, 0.2) is 30.3 Å². The maximum absolute atomic E-state index is 10.5. The zero-order valence-electron chi connectivity index (χ0n) is 11.6. The number of nitrogens with zero attached hydrogens (tertiary/aromatic N) is 1. The summed E-state index contributed by atoms with van der Waals surface area (Å²) in [7, 11) is 0. The zero-order chi connectivity index (χ0) is 12.4. The average Bonchev–Trinajstić information content (AvgIpc) is 3.14. The minimum Gasteiger partial charge on any atom is -0.387 e. The van der Waals surface area contributed by atoms with E-state index in [1.54, 1.807) is 0 Å². The van der Waals surface area contributed by atoms with Gasteiger partial charge in [-0.3, -0.25) is 4.90 Å². The molecule has 2 N–H and O–H groups in total. The third-order valence-electron chi connectivity index (χ3n) is 3.96. The highest BCUT2D eigenvalue weighted by atomic mass is 35.5. The number of hydrogen-bond acceptors (Lipinski definition) is 3. The molecule has 20 heavy (non-hydrogen) atoms. The van der Waals surface area contributed by atoms with Crippen molar-refractivity contribution in [2.75, 3.05) is 19.6 Å². The lowest BCUT2D eigenvalue weighted by Gasteiger charge is -2.24. The number of likely N-dealkylation sites (tertiary alicyclic amines) is 1. The van der Waals surface area contributed by atoms with E-state index in [-0.39, 0.29) is 24.8 Å². The molecule has 0 amide bonds. The van der Waals surface area contributed by atoms with Crippen molar-refractivity contribution in [3.05, 3.63) is 35.9 Å². The Hall–Kier alpha value is -0.320. The minimum absolute atomic E-state index is 0. The number of rotatable bonds is 5. The zero-order valence-corrected chi connectivity index (χ0v) is 13.3. The van der Waals surface area contributed by atoms with Crippen molar-refractivity contribution in [2.24, 2.45) is 0 Å². The molecule has 1 aromatic rings. The van der Waals surface area contributed by atoms with Gasteiger partial charge in [0.25, 0.3) is 0 Å².